The Balaban J connectivity index is 1.38. The number of imidazole rings is 1. The van der Waals surface area contributed by atoms with Crippen LogP contribution in [0.25, 0.3) is 11.0 Å². The number of nitrogens with one attached hydrogen (secondary N) is 1. The van der Waals surface area contributed by atoms with Crippen molar-refractivity contribution in [1.82, 2.24) is 9.97 Å². The molecule has 1 aromatic heterocycles. The number of rotatable bonds is 7. The molecule has 4 aromatic rings. The lowest BCUT2D eigenvalue weighted by Gasteiger charge is -2.07. The topological polar surface area (TPSA) is 81.0 Å². The molecule has 0 aliphatic rings. The van der Waals surface area contributed by atoms with Crippen LogP contribution in [0.5, 0.6) is 5.75 Å². The third-order valence-electron chi connectivity index (χ3n) is 4.50. The van der Waals surface area contributed by atoms with Crippen molar-refractivity contribution in [3.63, 3.8) is 0 Å². The van der Waals surface area contributed by atoms with E-state index >= 15 is 0 Å². The average molecular weight is 370 g/mol. The summed E-state index contributed by atoms with van der Waals surface area (Å²) in [6, 6.07) is 23.4. The maximum atomic E-state index is 11.5. The minimum Gasteiger partial charge on any atom is -0.489 e. The molecule has 5 heteroatoms. The maximum Gasteiger partial charge on any atom is 0.250 e. The van der Waals surface area contributed by atoms with E-state index in [1.54, 1.807) is 12.1 Å². The van der Waals surface area contributed by atoms with Crippen molar-refractivity contribution in [3.8, 4) is 5.75 Å². The van der Waals surface area contributed by atoms with Crippen LogP contribution in [0.2, 0.25) is 0 Å². The molecule has 1 amide bonds. The zero-order chi connectivity index (χ0) is 19.3. The van der Waals surface area contributed by atoms with Crippen LogP contribution >= 0.6 is 0 Å². The average Bonchev–Trinajstić information content (AvgIpc) is 3.15. The summed E-state index contributed by atoms with van der Waals surface area (Å²) >= 11 is 0. The van der Waals surface area contributed by atoms with Gasteiger partial charge >= 0.3 is 0 Å². The molecule has 0 atom stereocenters. The zero-order valence-corrected chi connectivity index (χ0v) is 15.3. The second-order valence-electron chi connectivity index (χ2n) is 6.51. The van der Waals surface area contributed by atoms with Crippen LogP contribution in [0.4, 0.5) is 0 Å². The van der Waals surface area contributed by atoms with Gasteiger partial charge in [-0.3, -0.25) is 4.79 Å². The fourth-order valence-electron chi connectivity index (χ4n) is 3.02. The predicted octanol–water partition coefficient (Wildman–Crippen LogP) is 4.04. The van der Waals surface area contributed by atoms with Crippen LogP contribution < -0.4 is 10.5 Å². The summed E-state index contributed by atoms with van der Waals surface area (Å²) in [5.74, 6) is 1.07. The number of nitrogens with two attached hydrogens (primary N) is 1. The standard InChI is InChI=1S/C23H20N3O2/c24-23(27)19-7-4-8-20-22(19)26-21(25-20)14-11-16-9-12-18(13-10-16)28-15-17-5-2-1-3-6-17/h1-10,12-14H,11,15H2,(H2,24,27)(H,25,26). The van der Waals surface area contributed by atoms with Crippen molar-refractivity contribution in [2.45, 2.75) is 13.0 Å². The fourth-order valence-corrected chi connectivity index (χ4v) is 3.02. The normalized spacial score (nSPS) is 10.9. The van der Waals surface area contributed by atoms with Crippen molar-refractivity contribution in [2.24, 2.45) is 5.73 Å². The van der Waals surface area contributed by atoms with Gasteiger partial charge < -0.3 is 15.5 Å². The summed E-state index contributed by atoms with van der Waals surface area (Å²) in [5, 5.41) is 0. The van der Waals surface area contributed by atoms with Gasteiger partial charge in [-0.1, -0.05) is 48.5 Å². The van der Waals surface area contributed by atoms with Crippen LogP contribution in [0.3, 0.4) is 0 Å². The lowest BCUT2D eigenvalue weighted by Crippen LogP contribution is -2.11. The van der Waals surface area contributed by atoms with Gasteiger partial charge in [0.05, 0.1) is 11.1 Å². The molecule has 0 fully saturated rings. The third-order valence-corrected chi connectivity index (χ3v) is 4.50. The molecule has 0 aliphatic carbocycles. The first-order valence-electron chi connectivity index (χ1n) is 9.06. The van der Waals surface area contributed by atoms with Gasteiger partial charge in [-0.2, -0.15) is 0 Å². The van der Waals surface area contributed by atoms with Gasteiger partial charge in [-0.25, -0.2) is 4.98 Å². The van der Waals surface area contributed by atoms with Gasteiger partial charge in [-0.05, 0) is 41.8 Å². The molecule has 28 heavy (non-hydrogen) atoms. The second kappa shape index (κ2) is 7.96. The Morgan fingerprint density at radius 3 is 2.50 bits per heavy atom. The largest absolute Gasteiger partial charge is 0.489 e. The lowest BCUT2D eigenvalue weighted by atomic mass is 10.1. The number of hydrogen-bond donors (Lipinski definition) is 2. The highest BCUT2D eigenvalue weighted by Crippen LogP contribution is 2.19. The number of primary amides is 1. The molecule has 139 valence electrons. The number of aromatic nitrogens is 2. The van der Waals surface area contributed by atoms with Gasteiger partial charge in [0.15, 0.2) is 0 Å². The Labute approximate surface area is 163 Å². The molecule has 0 spiro atoms. The van der Waals surface area contributed by atoms with E-state index in [2.05, 4.69) is 9.97 Å². The van der Waals surface area contributed by atoms with Gasteiger partial charge in [0.1, 0.15) is 23.7 Å². The van der Waals surface area contributed by atoms with E-state index in [0.717, 1.165) is 22.4 Å². The molecule has 3 aromatic carbocycles. The van der Waals surface area contributed by atoms with E-state index < -0.39 is 5.91 Å². The van der Waals surface area contributed by atoms with Crippen LogP contribution in [0.15, 0.2) is 72.8 Å². The first-order chi connectivity index (χ1) is 13.7. The molecule has 1 radical (unpaired) electrons. The number of para-hydroxylation sites is 1. The van der Waals surface area contributed by atoms with Gasteiger partial charge in [0, 0.05) is 6.42 Å². The van der Waals surface area contributed by atoms with Crippen molar-refractivity contribution in [3.05, 3.63) is 102 Å². The molecular formula is C23H20N3O2. The predicted molar refractivity (Wildman–Crippen MR) is 109 cm³/mol. The number of nitrogens with zero attached hydrogens (tertiary/aromatic N) is 1. The van der Waals surface area contributed by atoms with Crippen molar-refractivity contribution >= 4 is 16.9 Å². The summed E-state index contributed by atoms with van der Waals surface area (Å²) in [4.78, 5) is 19.2. The molecule has 0 unspecified atom stereocenters. The maximum absolute atomic E-state index is 11.5. The summed E-state index contributed by atoms with van der Waals surface area (Å²) < 4.78 is 5.81. The van der Waals surface area contributed by atoms with Gasteiger partial charge in [-0.15, -0.1) is 0 Å². The number of amides is 1. The minimum absolute atomic E-state index is 0.424. The number of hydrogen-bond acceptors (Lipinski definition) is 3. The van der Waals surface area contributed by atoms with Crippen molar-refractivity contribution in [1.29, 1.82) is 0 Å². The van der Waals surface area contributed by atoms with Crippen molar-refractivity contribution in [2.75, 3.05) is 0 Å². The summed E-state index contributed by atoms with van der Waals surface area (Å²) in [6.45, 7) is 0.549. The first kappa shape index (κ1) is 17.8. The number of benzene rings is 3. The molecule has 0 bridgehead atoms. The molecule has 5 nitrogen and oxygen atoms in total. The van der Waals surface area contributed by atoms with Gasteiger partial charge in [0.2, 0.25) is 0 Å². The van der Waals surface area contributed by atoms with E-state index in [9.17, 15) is 4.79 Å². The molecular weight excluding hydrogens is 350 g/mol. The molecule has 0 aliphatic heterocycles. The highest BCUT2D eigenvalue weighted by Gasteiger charge is 2.11. The van der Waals surface area contributed by atoms with E-state index in [4.69, 9.17) is 10.5 Å². The smallest absolute Gasteiger partial charge is 0.250 e. The second-order valence-corrected chi connectivity index (χ2v) is 6.51. The van der Waals surface area contributed by atoms with Crippen molar-refractivity contribution < 1.29 is 9.53 Å². The zero-order valence-electron chi connectivity index (χ0n) is 15.3. The minimum atomic E-state index is -0.477. The number of fused-ring (bicyclic) bond motifs is 1. The van der Waals surface area contributed by atoms with Gasteiger partial charge in [0.25, 0.3) is 5.91 Å². The number of aromatic amines is 1. The first-order valence-corrected chi connectivity index (χ1v) is 9.06. The number of ether oxygens (including phenoxy) is 1. The number of carbonyl (C=O) groups is 1. The van der Waals surface area contributed by atoms with Crippen LogP contribution in [-0.4, -0.2) is 15.9 Å². The quantitative estimate of drug-likeness (QED) is 0.515. The highest BCUT2D eigenvalue weighted by molar-refractivity contribution is 6.04. The molecule has 1 heterocycles. The van der Waals surface area contributed by atoms with E-state index in [-0.39, 0.29) is 0 Å². The lowest BCUT2D eigenvalue weighted by molar-refractivity contribution is 0.100. The summed E-state index contributed by atoms with van der Waals surface area (Å²) in [6.07, 6.45) is 2.70. The van der Waals surface area contributed by atoms with E-state index in [1.165, 1.54) is 0 Å². The molecule has 0 saturated heterocycles. The van der Waals surface area contributed by atoms with Crippen LogP contribution in [-0.2, 0) is 13.0 Å². The Morgan fingerprint density at radius 2 is 1.75 bits per heavy atom. The third kappa shape index (κ3) is 4.04. The molecule has 3 N–H and O–H groups in total. The fraction of sp³-hybridized carbons (Fsp3) is 0.0870. The summed E-state index contributed by atoms with van der Waals surface area (Å²) in [5.41, 5.74) is 9.52. The monoisotopic (exact) mass is 370 g/mol. The molecule has 0 saturated carbocycles. The van der Waals surface area contributed by atoms with Crippen LogP contribution in [0.1, 0.15) is 27.3 Å². The number of H-pyrrole nitrogens is 1. The summed E-state index contributed by atoms with van der Waals surface area (Å²) in [7, 11) is 0. The Hall–Kier alpha value is -3.60. The van der Waals surface area contributed by atoms with E-state index in [0.29, 0.717) is 29.9 Å². The SMILES string of the molecule is NC(=O)c1cccc2[nH]c([CH]Cc3ccc(OCc4ccccc4)cc3)nc12. The highest BCUT2D eigenvalue weighted by atomic mass is 16.5. The number of carbonyl (C=O) groups excluding carboxylic acids is 1. The Kier molecular flexibility index (Phi) is 5.06. The molecule has 4 rings (SSSR count). The van der Waals surface area contributed by atoms with Crippen LogP contribution in [0, 0.1) is 6.42 Å². The Morgan fingerprint density at radius 1 is 0.964 bits per heavy atom. The Bertz CT molecular complexity index is 1090. The van der Waals surface area contributed by atoms with E-state index in [1.807, 2.05) is 67.1 Å².